The lowest BCUT2D eigenvalue weighted by Crippen LogP contribution is -2.30. The minimum absolute atomic E-state index is 0.543. The van der Waals surface area contributed by atoms with Gasteiger partial charge in [-0.3, -0.25) is 0 Å². The van der Waals surface area contributed by atoms with Gasteiger partial charge in [0.2, 0.25) is 0 Å². The first-order valence-corrected chi connectivity index (χ1v) is 14.0. The Hall–Kier alpha value is -1.01. The molecule has 0 aliphatic heterocycles. The highest BCUT2D eigenvalue weighted by Crippen LogP contribution is 2.79. The van der Waals surface area contributed by atoms with Gasteiger partial charge in [0, 0.05) is 23.0 Å². The molecule has 3 heteroatoms. The Bertz CT molecular complexity index is 783. The molecule has 0 saturated heterocycles. The van der Waals surface area contributed by atoms with Crippen LogP contribution in [0.5, 0.6) is 5.75 Å². The maximum absolute atomic E-state index is 7.84. The average Bonchev–Trinajstić information content (AvgIpc) is 3.42. The molecule has 152 valence electrons. The Morgan fingerprint density at radius 3 is 2.03 bits per heavy atom. The van der Waals surface area contributed by atoms with Crippen LogP contribution in [0.15, 0.2) is 41.7 Å². The van der Waals surface area contributed by atoms with E-state index in [2.05, 4.69) is 36.4 Å². The van der Waals surface area contributed by atoms with E-state index in [0.29, 0.717) is 11.8 Å². The van der Waals surface area contributed by atoms with Crippen molar-refractivity contribution in [3.8, 4) is 5.75 Å². The monoisotopic (exact) mass is 405 g/mol. The van der Waals surface area contributed by atoms with Crippen molar-refractivity contribution in [1.82, 2.24) is 0 Å². The highest BCUT2D eigenvalue weighted by Gasteiger charge is 2.57. The van der Waals surface area contributed by atoms with Crippen LogP contribution in [-0.2, 0) is 0 Å². The first-order valence-electron chi connectivity index (χ1n) is 12.0. The molecule has 2 unspecified atom stereocenters. The molecule has 2 fully saturated rings. The number of allylic oxidation sites excluding steroid dienone is 4. The number of rotatable bonds is 5. The number of para-hydroxylation sites is 1. The second-order valence-corrected chi connectivity index (χ2v) is 13.4. The van der Waals surface area contributed by atoms with Crippen LogP contribution < -0.4 is 4.74 Å². The van der Waals surface area contributed by atoms with Crippen molar-refractivity contribution in [3.05, 3.63) is 47.3 Å². The van der Waals surface area contributed by atoms with Gasteiger partial charge in [-0.2, -0.15) is 0 Å². The number of fused-ring (bicyclic) bond motifs is 2. The minimum atomic E-state index is -1.69. The molecule has 1 aromatic rings. The van der Waals surface area contributed by atoms with Gasteiger partial charge in [0.1, 0.15) is 5.75 Å². The van der Waals surface area contributed by atoms with Crippen LogP contribution >= 0.6 is 7.14 Å². The van der Waals surface area contributed by atoms with E-state index in [1.807, 2.05) is 7.11 Å². The van der Waals surface area contributed by atoms with Crippen molar-refractivity contribution in [2.24, 2.45) is 11.8 Å². The number of methoxy groups -OCH3 is 1. The van der Waals surface area contributed by atoms with Gasteiger partial charge in [0.05, 0.1) is 23.7 Å². The Labute approximate surface area is 179 Å². The molecule has 4 aliphatic rings. The van der Waals surface area contributed by atoms with Gasteiger partial charge in [0.15, 0.2) is 0 Å². The summed E-state index contributed by atoms with van der Waals surface area (Å²) in [5.74, 6) is 2.16. The van der Waals surface area contributed by atoms with Crippen LogP contribution in [-0.4, -0.2) is 26.0 Å². The summed E-state index contributed by atoms with van der Waals surface area (Å²) in [4.78, 5) is 0. The van der Waals surface area contributed by atoms with E-state index in [4.69, 9.17) is 12.3 Å². The lowest BCUT2D eigenvalue weighted by Gasteiger charge is -2.44. The zero-order valence-electron chi connectivity index (χ0n) is 18.0. The van der Waals surface area contributed by atoms with Crippen molar-refractivity contribution in [3.63, 3.8) is 0 Å². The zero-order valence-corrected chi connectivity index (χ0v) is 18.9. The lowest BCUT2D eigenvalue weighted by atomic mass is 9.94. The molecule has 5 rings (SSSR count). The molecule has 1 nitrogen and oxygen atoms in total. The molecule has 2 atom stereocenters. The normalized spacial score (nSPS) is 28.3. The van der Waals surface area contributed by atoms with Gasteiger partial charge in [-0.05, 0) is 71.0 Å². The molecule has 0 N–H and O–H groups in total. The number of ether oxygens (including phenoxy) is 1. The summed E-state index contributed by atoms with van der Waals surface area (Å²) in [6.07, 6.45) is 20.0. The number of benzene rings is 1. The van der Waals surface area contributed by atoms with Crippen molar-refractivity contribution >= 4 is 20.3 Å². The molecule has 2 saturated carbocycles. The summed E-state index contributed by atoms with van der Waals surface area (Å²) < 4.78 is 5.83. The van der Waals surface area contributed by atoms with Crippen LogP contribution in [0.25, 0.3) is 5.57 Å². The van der Waals surface area contributed by atoms with Gasteiger partial charge in [-0.15, -0.1) is 0 Å². The van der Waals surface area contributed by atoms with Crippen molar-refractivity contribution in [1.29, 1.82) is 0 Å². The average molecular weight is 405 g/mol. The highest BCUT2D eigenvalue weighted by atomic mass is 31.2. The van der Waals surface area contributed by atoms with E-state index in [0.717, 1.165) is 17.1 Å². The summed E-state index contributed by atoms with van der Waals surface area (Å²) in [5.41, 5.74) is 4.41. The second kappa shape index (κ2) is 8.26. The molecule has 4 aliphatic carbocycles. The molecule has 29 heavy (non-hydrogen) atoms. The summed E-state index contributed by atoms with van der Waals surface area (Å²) >= 11 is 0. The van der Waals surface area contributed by atoms with E-state index >= 15 is 0 Å². The standard InChI is InChI=1S/C26H35BOP/c1-28-24-15-9-8-14-23(24)25-19-16-17-20(18-19)26(25)29(27,21-10-4-2-5-11-21)22-12-6-3-7-13-22/h8-9,14-17,19-22H,2-7,10-13,18H2,1H3/q+1. The second-order valence-electron chi connectivity index (χ2n) is 9.75. The van der Waals surface area contributed by atoms with E-state index in [-0.39, 0.29) is 0 Å². The third-order valence-electron chi connectivity index (χ3n) is 8.25. The van der Waals surface area contributed by atoms with Gasteiger partial charge in [-0.1, -0.05) is 43.2 Å². The van der Waals surface area contributed by atoms with Crippen LogP contribution in [0.1, 0.15) is 76.2 Å². The maximum Gasteiger partial charge on any atom is 0.371 e. The Morgan fingerprint density at radius 1 is 0.828 bits per heavy atom. The van der Waals surface area contributed by atoms with E-state index in [1.54, 1.807) is 10.9 Å². The molecular weight excluding hydrogens is 370 g/mol. The van der Waals surface area contributed by atoms with Gasteiger partial charge < -0.3 is 4.74 Å². The summed E-state index contributed by atoms with van der Waals surface area (Å²) in [6.45, 7) is 0. The minimum Gasteiger partial charge on any atom is -0.496 e. The Morgan fingerprint density at radius 2 is 1.41 bits per heavy atom. The predicted octanol–water partition coefficient (Wildman–Crippen LogP) is 7.38. The summed E-state index contributed by atoms with van der Waals surface area (Å²) in [5, 5.41) is 1.72. The SMILES string of the molecule is [B][P+](C1=C(c2ccccc2OC)C2C=CC1C2)(C1CCCCC1)C1CCCCC1. The fourth-order valence-electron chi connectivity index (χ4n) is 6.91. The van der Waals surface area contributed by atoms with Crippen LogP contribution in [0, 0.1) is 11.8 Å². The highest BCUT2D eigenvalue weighted by molar-refractivity contribution is 8.01. The third kappa shape index (κ3) is 3.35. The summed E-state index contributed by atoms with van der Waals surface area (Å²) in [7, 11) is 7.96. The van der Waals surface area contributed by atoms with E-state index < -0.39 is 7.14 Å². The Kier molecular flexibility index (Phi) is 5.68. The zero-order chi connectivity index (χ0) is 19.8. The van der Waals surface area contributed by atoms with Crippen molar-refractivity contribution in [2.45, 2.75) is 81.9 Å². The topological polar surface area (TPSA) is 9.23 Å². The van der Waals surface area contributed by atoms with Crippen LogP contribution in [0.3, 0.4) is 0 Å². The smallest absolute Gasteiger partial charge is 0.371 e. The van der Waals surface area contributed by atoms with Gasteiger partial charge in [0.25, 0.3) is 0 Å². The molecular formula is C26H35BOP+. The molecule has 0 amide bonds. The quantitative estimate of drug-likeness (QED) is 0.282. The number of hydrogen-bond acceptors (Lipinski definition) is 1. The first-order chi connectivity index (χ1) is 14.2. The van der Waals surface area contributed by atoms with E-state index in [9.17, 15) is 0 Å². The predicted molar refractivity (Wildman–Crippen MR) is 127 cm³/mol. The lowest BCUT2D eigenvalue weighted by molar-refractivity contribution is 0.413. The Balaban J connectivity index is 1.67. The summed E-state index contributed by atoms with van der Waals surface area (Å²) in [6, 6.07) is 8.69. The largest absolute Gasteiger partial charge is 0.496 e. The molecule has 1 aromatic carbocycles. The molecule has 0 heterocycles. The third-order valence-corrected chi connectivity index (χ3v) is 13.1. The molecule has 2 radical (unpaired) electrons. The van der Waals surface area contributed by atoms with Crippen molar-refractivity contribution in [2.75, 3.05) is 7.11 Å². The van der Waals surface area contributed by atoms with E-state index in [1.165, 1.54) is 76.2 Å². The number of hydrogen-bond donors (Lipinski definition) is 0. The van der Waals surface area contributed by atoms with Crippen LogP contribution in [0.4, 0.5) is 0 Å². The van der Waals surface area contributed by atoms with Crippen molar-refractivity contribution < 1.29 is 4.74 Å². The first kappa shape index (κ1) is 19.9. The fraction of sp³-hybridized carbons (Fsp3) is 0.615. The maximum atomic E-state index is 7.84. The fourth-order valence-corrected chi connectivity index (χ4v) is 12.2. The molecule has 0 spiro atoms. The molecule has 0 aromatic heterocycles. The molecule has 2 bridgehead atoms. The van der Waals surface area contributed by atoms with Gasteiger partial charge >= 0.3 is 7.57 Å². The van der Waals surface area contributed by atoms with Gasteiger partial charge in [-0.25, -0.2) is 0 Å². The van der Waals surface area contributed by atoms with Crippen LogP contribution in [0.2, 0.25) is 0 Å².